The molecule has 6 nitrogen and oxygen atoms in total. The molecule has 0 saturated carbocycles. The predicted octanol–water partition coefficient (Wildman–Crippen LogP) is 5.05. The zero-order valence-corrected chi connectivity index (χ0v) is 18.6. The van der Waals surface area contributed by atoms with Gasteiger partial charge in [0.1, 0.15) is 0 Å². The first-order valence-electron chi connectivity index (χ1n) is 9.60. The van der Waals surface area contributed by atoms with Crippen LogP contribution in [0.4, 0.5) is 0 Å². The third-order valence-electron chi connectivity index (χ3n) is 3.77. The average molecular weight is 430 g/mol. The first-order valence-corrected chi connectivity index (χ1v) is 9.60. The van der Waals surface area contributed by atoms with Crippen molar-refractivity contribution >= 4 is 6.08 Å². The Morgan fingerprint density at radius 2 is 1.00 bits per heavy atom. The van der Waals surface area contributed by atoms with Crippen molar-refractivity contribution in [3.8, 4) is 12.5 Å². The fourth-order valence-corrected chi connectivity index (χ4v) is 2.51. The fourth-order valence-electron chi connectivity index (χ4n) is 2.51. The summed E-state index contributed by atoms with van der Waals surface area (Å²) < 4.78 is 7.69. The fraction of sp³-hybridized carbons (Fsp3) is 0.192. The molecular weight excluding hydrogens is 402 g/mol. The number of hydrogen-bond donors (Lipinski definition) is 0. The number of rotatable bonds is 4. The van der Waals surface area contributed by atoms with Crippen LogP contribution in [-0.4, -0.2) is 27.3 Å². The van der Waals surface area contributed by atoms with Crippen LogP contribution in [0.15, 0.2) is 89.9 Å². The molecule has 32 heavy (non-hydrogen) atoms. The lowest BCUT2D eigenvalue weighted by Gasteiger charge is -2.06. The Kier molecular flexibility index (Phi) is 17.2. The van der Waals surface area contributed by atoms with Crippen LogP contribution in [0.25, 0.3) is 0 Å². The number of nitriles is 2. The molecule has 0 amide bonds. The number of ether oxygens (including phenoxy) is 2. The van der Waals surface area contributed by atoms with E-state index in [0.29, 0.717) is 0 Å². The summed E-state index contributed by atoms with van der Waals surface area (Å²) in [6.45, 7) is 0. The van der Waals surface area contributed by atoms with Crippen molar-refractivity contribution in [2.45, 2.75) is 12.8 Å². The van der Waals surface area contributed by atoms with E-state index < -0.39 is 0 Å². The minimum absolute atomic E-state index is 1.00. The van der Waals surface area contributed by atoms with Crippen LogP contribution in [0.2, 0.25) is 0 Å². The molecule has 3 rings (SSSR count). The Hall–Kier alpha value is -4.38. The first kappa shape index (κ1) is 27.6. The molecule has 0 aliphatic heterocycles. The van der Waals surface area contributed by atoms with Crippen LogP contribution in [0, 0.1) is 23.0 Å². The van der Waals surface area contributed by atoms with Crippen molar-refractivity contribution in [2.75, 3.05) is 21.3 Å². The van der Waals surface area contributed by atoms with E-state index in [9.17, 15) is 0 Å². The smallest absolute Gasteiger partial charge is 0.286 e. The van der Waals surface area contributed by atoms with E-state index in [1.165, 1.54) is 62.1 Å². The zero-order valence-electron chi connectivity index (χ0n) is 18.6. The number of hydrogen-bond acceptors (Lipinski definition) is 6. The number of benzene rings is 3. The van der Waals surface area contributed by atoms with Gasteiger partial charge >= 0.3 is 0 Å². The molecule has 0 aliphatic rings. The SMILES string of the molecule is CN=C=O.COC#N.COC#N.c1ccc(Cc2cccc(Cc3ccccc3)c2)cc1. The second kappa shape index (κ2) is 19.9. The highest BCUT2D eigenvalue weighted by Gasteiger charge is 1.99. The van der Waals surface area contributed by atoms with Gasteiger partial charge in [0.15, 0.2) is 0 Å². The lowest BCUT2D eigenvalue weighted by Crippen LogP contribution is -1.92. The number of aliphatic imine (C=N–C) groups is 1. The van der Waals surface area contributed by atoms with Crippen LogP contribution >= 0.6 is 0 Å². The Bertz CT molecular complexity index is 917. The minimum Gasteiger partial charge on any atom is -0.431 e. The van der Waals surface area contributed by atoms with Crippen molar-refractivity contribution in [2.24, 2.45) is 4.99 Å². The second-order valence-electron chi connectivity index (χ2n) is 6.05. The molecule has 0 heterocycles. The van der Waals surface area contributed by atoms with E-state index in [-0.39, 0.29) is 0 Å². The highest BCUT2D eigenvalue weighted by atomic mass is 16.5. The molecule has 0 unspecified atom stereocenters. The quantitative estimate of drug-likeness (QED) is 0.329. The highest BCUT2D eigenvalue weighted by molar-refractivity contribution is 5.33. The molecule has 0 aliphatic carbocycles. The molecule has 0 bridgehead atoms. The van der Waals surface area contributed by atoms with E-state index in [2.05, 4.69) is 99.4 Å². The van der Waals surface area contributed by atoms with Gasteiger partial charge in [0.25, 0.3) is 12.5 Å². The third kappa shape index (κ3) is 14.6. The Morgan fingerprint density at radius 1 is 0.688 bits per heavy atom. The summed E-state index contributed by atoms with van der Waals surface area (Å²) in [5.41, 5.74) is 5.49. The summed E-state index contributed by atoms with van der Waals surface area (Å²) in [6.07, 6.45) is 6.17. The molecule has 0 saturated heterocycles. The van der Waals surface area contributed by atoms with Gasteiger partial charge in [-0.25, -0.2) is 9.79 Å². The third-order valence-corrected chi connectivity index (χ3v) is 3.77. The number of methoxy groups -OCH3 is 2. The molecule has 0 aromatic heterocycles. The number of nitrogens with zero attached hydrogens (tertiary/aromatic N) is 3. The topological polar surface area (TPSA) is 95.5 Å². The lowest BCUT2D eigenvalue weighted by atomic mass is 9.99. The molecule has 0 atom stereocenters. The molecule has 3 aromatic rings. The molecule has 0 N–H and O–H groups in total. The van der Waals surface area contributed by atoms with E-state index >= 15 is 0 Å². The molecule has 164 valence electrons. The van der Waals surface area contributed by atoms with Crippen LogP contribution in [0.5, 0.6) is 0 Å². The van der Waals surface area contributed by atoms with Crippen LogP contribution in [0.3, 0.4) is 0 Å². The normalized spacial score (nSPS) is 8.03. The van der Waals surface area contributed by atoms with Crippen LogP contribution in [-0.2, 0) is 27.1 Å². The molecule has 3 aromatic carbocycles. The Morgan fingerprint density at radius 3 is 1.28 bits per heavy atom. The van der Waals surface area contributed by atoms with E-state index in [1.807, 2.05) is 0 Å². The standard InChI is InChI=1S/C20H18.3C2H3NO/c1-3-8-17(9-4-1)14-19-12-7-13-20(16-19)15-18-10-5-2-6-11-18;2*1-4-2-3;1-3-2-4/h1-13,16H,14-15H2;3*1H3. The number of isocyanates is 1. The molecule has 0 fully saturated rings. The maximum atomic E-state index is 8.88. The van der Waals surface area contributed by atoms with Gasteiger partial charge in [-0.1, -0.05) is 84.9 Å². The van der Waals surface area contributed by atoms with Gasteiger partial charge in [-0.15, -0.1) is 0 Å². The van der Waals surface area contributed by atoms with Gasteiger partial charge in [-0.3, -0.25) is 0 Å². The monoisotopic (exact) mass is 429 g/mol. The van der Waals surface area contributed by atoms with Crippen molar-refractivity contribution in [1.82, 2.24) is 0 Å². The van der Waals surface area contributed by atoms with E-state index in [0.717, 1.165) is 12.8 Å². The van der Waals surface area contributed by atoms with Crippen molar-refractivity contribution in [1.29, 1.82) is 10.5 Å². The van der Waals surface area contributed by atoms with Gasteiger partial charge in [0.05, 0.1) is 14.2 Å². The lowest BCUT2D eigenvalue weighted by molar-refractivity contribution is 0.362. The molecule has 6 heteroatoms. The van der Waals surface area contributed by atoms with Crippen LogP contribution in [0.1, 0.15) is 22.3 Å². The van der Waals surface area contributed by atoms with Gasteiger partial charge in [-0.2, -0.15) is 10.5 Å². The zero-order chi connectivity index (χ0) is 23.9. The van der Waals surface area contributed by atoms with Crippen molar-refractivity contribution in [3.05, 3.63) is 107 Å². The first-order chi connectivity index (χ1) is 15.6. The maximum Gasteiger partial charge on any atom is 0.286 e. The summed E-state index contributed by atoms with van der Waals surface area (Å²) in [4.78, 5) is 11.8. The van der Waals surface area contributed by atoms with Crippen molar-refractivity contribution < 1.29 is 14.3 Å². The van der Waals surface area contributed by atoms with Crippen LogP contribution < -0.4 is 0 Å². The van der Waals surface area contributed by atoms with E-state index in [1.54, 1.807) is 0 Å². The summed E-state index contributed by atoms with van der Waals surface area (Å²) in [7, 11) is 4.02. The molecule has 0 radical (unpaired) electrons. The Balaban J connectivity index is 0.000000668. The maximum absolute atomic E-state index is 8.88. The molecule has 0 spiro atoms. The second-order valence-corrected chi connectivity index (χ2v) is 6.05. The Labute approximate surface area is 190 Å². The van der Waals surface area contributed by atoms with Gasteiger partial charge < -0.3 is 9.47 Å². The summed E-state index contributed by atoms with van der Waals surface area (Å²) in [5.74, 6) is 0. The summed E-state index contributed by atoms with van der Waals surface area (Å²) >= 11 is 0. The molecular formula is C26H27N3O3. The van der Waals surface area contributed by atoms with Gasteiger partial charge in [0, 0.05) is 7.05 Å². The van der Waals surface area contributed by atoms with Gasteiger partial charge in [-0.05, 0) is 35.1 Å². The van der Waals surface area contributed by atoms with E-state index in [4.69, 9.17) is 15.3 Å². The predicted molar refractivity (Wildman–Crippen MR) is 124 cm³/mol. The largest absolute Gasteiger partial charge is 0.431 e. The summed E-state index contributed by atoms with van der Waals surface area (Å²) in [6, 6.07) is 30.2. The van der Waals surface area contributed by atoms with Crippen molar-refractivity contribution in [3.63, 3.8) is 0 Å². The number of carbonyl (C=O) groups excluding carboxylic acids is 1. The summed E-state index contributed by atoms with van der Waals surface area (Å²) in [5, 5.41) is 14.8. The average Bonchev–Trinajstić information content (AvgIpc) is 2.86. The minimum atomic E-state index is 1.00. The highest BCUT2D eigenvalue weighted by Crippen LogP contribution is 2.14. The van der Waals surface area contributed by atoms with Gasteiger partial charge in [0.2, 0.25) is 6.08 Å².